The third kappa shape index (κ3) is 4.96. The molecule has 0 aromatic carbocycles. The Kier molecular flexibility index (Phi) is 7.13. The number of nitrogens with one attached hydrogen (secondary N) is 1. The molecule has 3 aliphatic heterocycles. The monoisotopic (exact) mass is 565 g/mol. The number of piperazine rings is 1. The second kappa shape index (κ2) is 10.9. The molecule has 6 heterocycles. The summed E-state index contributed by atoms with van der Waals surface area (Å²) in [6, 6.07) is 2.21. The SMILES string of the molecule is COC(=O)N1C[C@H]2C[C@@H]1CN2C1CCC(Nc2nc(Cc3cnn(C4CCOCC4)c3)nc3scc(C)c23)CC1. The Morgan fingerprint density at radius 2 is 1.90 bits per heavy atom. The van der Waals surface area contributed by atoms with Gasteiger partial charge in [-0.25, -0.2) is 14.8 Å². The number of hydrogen-bond donors (Lipinski definition) is 1. The van der Waals surface area contributed by atoms with Gasteiger partial charge >= 0.3 is 6.09 Å². The van der Waals surface area contributed by atoms with Crippen molar-refractivity contribution in [3.63, 3.8) is 0 Å². The lowest BCUT2D eigenvalue weighted by atomic mass is 9.89. The van der Waals surface area contributed by atoms with Crippen molar-refractivity contribution in [1.82, 2.24) is 29.5 Å². The molecule has 3 aromatic heterocycles. The van der Waals surface area contributed by atoms with E-state index in [1.165, 1.54) is 25.5 Å². The van der Waals surface area contributed by atoms with Crippen molar-refractivity contribution >= 4 is 33.5 Å². The molecule has 2 bridgehead atoms. The van der Waals surface area contributed by atoms with Crippen LogP contribution in [0.1, 0.15) is 67.9 Å². The number of nitrogens with zero attached hydrogens (tertiary/aromatic N) is 6. The standard InChI is InChI=1S/C29H39N7O3S/c1-18-17-40-28-26(18)27(32-25(33-28)11-19-13-30-36(14-19)22-7-9-39-10-8-22)31-20-3-5-21(6-4-20)34-15-24-12-23(34)16-35(24)29(37)38-2/h13-14,17,20-24H,3-12,15-16H2,1-2H3,(H,31,32,33)/t20?,21?,23-,24-/m1/s1. The molecule has 4 aliphatic rings. The number of carbonyl (C=O) groups is 1. The van der Waals surface area contributed by atoms with Gasteiger partial charge in [0.2, 0.25) is 0 Å². The van der Waals surface area contributed by atoms with Gasteiger partial charge in [0.1, 0.15) is 16.5 Å². The van der Waals surface area contributed by atoms with Gasteiger partial charge < -0.3 is 19.7 Å². The Morgan fingerprint density at radius 3 is 2.65 bits per heavy atom. The van der Waals surface area contributed by atoms with E-state index in [2.05, 4.69) is 38.5 Å². The van der Waals surface area contributed by atoms with Crippen LogP contribution >= 0.6 is 11.3 Å². The lowest BCUT2D eigenvalue weighted by Gasteiger charge is -2.41. The van der Waals surface area contributed by atoms with Crippen molar-refractivity contribution in [2.45, 2.75) is 88.5 Å². The molecule has 1 saturated carbocycles. The van der Waals surface area contributed by atoms with Gasteiger partial charge in [0.25, 0.3) is 0 Å². The predicted molar refractivity (Wildman–Crippen MR) is 154 cm³/mol. The first-order valence-corrected chi connectivity index (χ1v) is 15.7. The second-order valence-corrected chi connectivity index (χ2v) is 12.8. The zero-order valence-electron chi connectivity index (χ0n) is 23.4. The van der Waals surface area contributed by atoms with Crippen molar-refractivity contribution < 1.29 is 14.3 Å². The second-order valence-electron chi connectivity index (χ2n) is 11.9. The lowest BCUT2D eigenvalue weighted by molar-refractivity contribution is 0.0615. The van der Waals surface area contributed by atoms with E-state index in [9.17, 15) is 4.79 Å². The molecule has 40 heavy (non-hydrogen) atoms. The van der Waals surface area contributed by atoms with Crippen molar-refractivity contribution in [3.05, 3.63) is 34.7 Å². The van der Waals surface area contributed by atoms with Crippen LogP contribution in [0.5, 0.6) is 0 Å². The summed E-state index contributed by atoms with van der Waals surface area (Å²) in [5.41, 5.74) is 2.38. The Labute approximate surface area is 239 Å². The van der Waals surface area contributed by atoms with Gasteiger partial charge in [-0.2, -0.15) is 5.10 Å². The summed E-state index contributed by atoms with van der Waals surface area (Å²) in [6.07, 6.45) is 12.3. The number of fused-ring (bicyclic) bond motifs is 3. The van der Waals surface area contributed by atoms with Gasteiger partial charge in [0.05, 0.1) is 24.7 Å². The molecule has 0 radical (unpaired) electrons. The predicted octanol–water partition coefficient (Wildman–Crippen LogP) is 4.39. The largest absolute Gasteiger partial charge is 0.453 e. The number of ether oxygens (including phenoxy) is 2. The summed E-state index contributed by atoms with van der Waals surface area (Å²) in [7, 11) is 1.48. The summed E-state index contributed by atoms with van der Waals surface area (Å²) in [5.74, 6) is 1.83. The molecule has 7 rings (SSSR count). The minimum atomic E-state index is -0.174. The van der Waals surface area contributed by atoms with Crippen LogP contribution in [-0.4, -0.2) is 93.2 Å². The fraction of sp³-hybridized carbons (Fsp3) is 0.655. The van der Waals surface area contributed by atoms with Crippen LogP contribution in [0.4, 0.5) is 10.6 Å². The Balaban J connectivity index is 1.01. The topological polar surface area (TPSA) is 97.6 Å². The molecule has 0 unspecified atom stereocenters. The molecule has 3 aromatic rings. The van der Waals surface area contributed by atoms with E-state index in [1.54, 1.807) is 11.3 Å². The third-order valence-electron chi connectivity index (χ3n) is 9.44. The van der Waals surface area contributed by atoms with Gasteiger partial charge in [-0.3, -0.25) is 9.58 Å². The molecule has 10 nitrogen and oxygen atoms in total. The van der Waals surface area contributed by atoms with E-state index in [4.69, 9.17) is 19.4 Å². The Hall–Kier alpha value is -2.76. The number of carbonyl (C=O) groups excluding carboxylic acids is 1. The molecular formula is C29H39N7O3S. The quantitative estimate of drug-likeness (QED) is 0.470. The van der Waals surface area contributed by atoms with Crippen LogP contribution in [0.25, 0.3) is 10.2 Å². The number of rotatable bonds is 6. The highest BCUT2D eigenvalue weighted by Gasteiger charge is 2.48. The summed E-state index contributed by atoms with van der Waals surface area (Å²) >= 11 is 1.70. The first-order chi connectivity index (χ1) is 19.6. The van der Waals surface area contributed by atoms with Crippen molar-refractivity contribution in [2.24, 2.45) is 0 Å². The number of amides is 1. The minimum absolute atomic E-state index is 0.174. The highest BCUT2D eigenvalue weighted by Crippen LogP contribution is 2.38. The summed E-state index contributed by atoms with van der Waals surface area (Å²) in [4.78, 5) is 27.7. The van der Waals surface area contributed by atoms with Crippen LogP contribution < -0.4 is 5.32 Å². The normalized spacial score (nSPS) is 27.5. The minimum Gasteiger partial charge on any atom is -0.453 e. The number of thiophene rings is 1. The first-order valence-electron chi connectivity index (χ1n) is 14.8. The molecule has 1 N–H and O–H groups in total. The molecule has 1 aliphatic carbocycles. The average molecular weight is 566 g/mol. The van der Waals surface area contributed by atoms with Crippen LogP contribution in [0.3, 0.4) is 0 Å². The molecule has 2 atom stereocenters. The number of hydrogen-bond acceptors (Lipinski definition) is 9. The molecule has 4 fully saturated rings. The zero-order valence-corrected chi connectivity index (χ0v) is 24.2. The Bertz CT molecular complexity index is 1360. The molecular weight excluding hydrogens is 526 g/mol. The number of likely N-dealkylation sites (tertiary alicyclic amines) is 2. The third-order valence-corrected chi connectivity index (χ3v) is 10.4. The van der Waals surface area contributed by atoms with Crippen LogP contribution in [-0.2, 0) is 15.9 Å². The number of aromatic nitrogens is 4. The first kappa shape index (κ1) is 26.2. The van der Waals surface area contributed by atoms with Gasteiger partial charge in [-0.15, -0.1) is 11.3 Å². The van der Waals surface area contributed by atoms with Crippen LogP contribution in [0.2, 0.25) is 0 Å². The van der Waals surface area contributed by atoms with E-state index in [0.717, 1.165) is 85.8 Å². The van der Waals surface area contributed by atoms with E-state index < -0.39 is 0 Å². The van der Waals surface area contributed by atoms with Crippen molar-refractivity contribution in [2.75, 3.05) is 38.7 Å². The van der Waals surface area contributed by atoms with E-state index >= 15 is 0 Å². The summed E-state index contributed by atoms with van der Waals surface area (Å²) in [5, 5.41) is 11.8. The van der Waals surface area contributed by atoms with Gasteiger partial charge in [-0.1, -0.05) is 0 Å². The molecule has 3 saturated heterocycles. The summed E-state index contributed by atoms with van der Waals surface area (Å²) in [6.45, 7) is 5.56. The maximum Gasteiger partial charge on any atom is 0.409 e. The molecule has 214 valence electrons. The number of aryl methyl sites for hydroxylation is 1. The van der Waals surface area contributed by atoms with Gasteiger partial charge in [-0.05, 0) is 68.4 Å². The smallest absolute Gasteiger partial charge is 0.409 e. The average Bonchev–Trinajstić information content (AvgIpc) is 3.78. The molecule has 0 spiro atoms. The maximum atomic E-state index is 12.1. The lowest BCUT2D eigenvalue weighted by Crippen LogP contribution is -2.53. The number of anilines is 1. The maximum absolute atomic E-state index is 12.1. The summed E-state index contributed by atoms with van der Waals surface area (Å²) < 4.78 is 12.6. The van der Waals surface area contributed by atoms with Gasteiger partial charge in [0.15, 0.2) is 0 Å². The fourth-order valence-corrected chi connectivity index (χ4v) is 8.28. The fourth-order valence-electron chi connectivity index (χ4n) is 7.34. The molecule has 11 heteroatoms. The van der Waals surface area contributed by atoms with Crippen LogP contribution in [0.15, 0.2) is 17.8 Å². The van der Waals surface area contributed by atoms with E-state index in [1.807, 2.05) is 11.1 Å². The number of methoxy groups -OCH3 is 1. The van der Waals surface area contributed by atoms with Crippen molar-refractivity contribution in [3.8, 4) is 0 Å². The van der Waals surface area contributed by atoms with Crippen LogP contribution in [0, 0.1) is 6.92 Å². The molecule has 1 amide bonds. The Morgan fingerprint density at radius 1 is 1.07 bits per heavy atom. The van der Waals surface area contributed by atoms with Gasteiger partial charge in [0, 0.05) is 63.1 Å². The van der Waals surface area contributed by atoms with E-state index in [0.29, 0.717) is 36.6 Å². The highest BCUT2D eigenvalue weighted by atomic mass is 32.1. The zero-order chi connectivity index (χ0) is 27.2. The highest BCUT2D eigenvalue weighted by molar-refractivity contribution is 7.17. The van der Waals surface area contributed by atoms with E-state index in [-0.39, 0.29) is 6.09 Å². The van der Waals surface area contributed by atoms with Crippen molar-refractivity contribution in [1.29, 1.82) is 0 Å².